The Morgan fingerprint density at radius 2 is 2.14 bits per heavy atom. The molecule has 0 fully saturated rings. The number of aromatic nitrogens is 2. The van der Waals surface area contributed by atoms with Gasteiger partial charge in [-0.15, -0.1) is 11.3 Å². The summed E-state index contributed by atoms with van der Waals surface area (Å²) in [6.07, 6.45) is 1.33. The molecule has 0 bridgehead atoms. The Bertz CT molecular complexity index is 691. The minimum Gasteiger partial charge on any atom is -0.383 e. The fourth-order valence-corrected chi connectivity index (χ4v) is 3.87. The second-order valence-electron chi connectivity index (χ2n) is 3.89. The van der Waals surface area contributed by atoms with Crippen LogP contribution in [0.1, 0.15) is 0 Å². The monoisotopic (exact) mass is 347 g/mol. The van der Waals surface area contributed by atoms with Crippen molar-refractivity contribution < 1.29 is 8.42 Å². The van der Waals surface area contributed by atoms with Gasteiger partial charge in [0.05, 0.1) is 0 Å². The first-order chi connectivity index (χ1) is 10.0. The van der Waals surface area contributed by atoms with Crippen LogP contribution >= 0.6 is 22.9 Å². The number of nitrogens with zero attached hydrogens (tertiary/aromatic N) is 2. The average molecular weight is 348 g/mol. The van der Waals surface area contributed by atoms with E-state index in [1.54, 1.807) is 24.6 Å². The summed E-state index contributed by atoms with van der Waals surface area (Å²) < 4.78 is 26.6. The molecule has 2 rings (SSSR count). The van der Waals surface area contributed by atoms with Gasteiger partial charge in [0, 0.05) is 20.1 Å². The lowest BCUT2D eigenvalue weighted by atomic mass is 10.4. The van der Waals surface area contributed by atoms with Gasteiger partial charge in [-0.05, 0) is 11.4 Å². The molecular formula is C11H14ClN5O2S2. The van der Waals surface area contributed by atoms with Crippen molar-refractivity contribution in [3.63, 3.8) is 0 Å². The summed E-state index contributed by atoms with van der Waals surface area (Å²) in [6.45, 7) is 0.595. The van der Waals surface area contributed by atoms with Crippen molar-refractivity contribution >= 4 is 44.5 Å². The maximum atomic E-state index is 11.9. The molecule has 10 heteroatoms. The number of sulfonamides is 1. The van der Waals surface area contributed by atoms with Gasteiger partial charge in [0.25, 0.3) is 0 Å². The summed E-state index contributed by atoms with van der Waals surface area (Å²) in [5.41, 5.74) is 0.570. The van der Waals surface area contributed by atoms with Crippen LogP contribution in [-0.2, 0) is 10.0 Å². The van der Waals surface area contributed by atoms with Crippen LogP contribution in [0.15, 0.2) is 28.0 Å². The quantitative estimate of drug-likeness (QED) is 0.520. The number of nitrogens with one attached hydrogen (secondary N) is 3. The highest BCUT2D eigenvalue weighted by Gasteiger charge is 2.14. The molecule has 3 N–H and O–H groups in total. The Morgan fingerprint density at radius 3 is 2.81 bits per heavy atom. The Hall–Kier alpha value is -1.42. The van der Waals surface area contributed by atoms with E-state index in [4.69, 9.17) is 11.6 Å². The predicted molar refractivity (Wildman–Crippen MR) is 84.6 cm³/mol. The summed E-state index contributed by atoms with van der Waals surface area (Å²) in [5.74, 6) is 0.521. The fraction of sp³-hybridized carbons (Fsp3) is 0.273. The molecule has 114 valence electrons. The Morgan fingerprint density at radius 1 is 1.33 bits per heavy atom. The predicted octanol–water partition coefficient (Wildman–Crippen LogP) is 1.62. The van der Waals surface area contributed by atoms with Crippen LogP contribution in [0.5, 0.6) is 0 Å². The minimum atomic E-state index is -3.44. The van der Waals surface area contributed by atoms with Crippen molar-refractivity contribution in [2.45, 2.75) is 4.21 Å². The van der Waals surface area contributed by atoms with E-state index in [2.05, 4.69) is 25.3 Å². The van der Waals surface area contributed by atoms with Crippen LogP contribution in [0, 0.1) is 0 Å². The van der Waals surface area contributed by atoms with E-state index in [0.717, 1.165) is 0 Å². The summed E-state index contributed by atoms with van der Waals surface area (Å²) in [6, 6.07) is 3.25. The first-order valence-electron chi connectivity index (χ1n) is 6.00. The highest BCUT2D eigenvalue weighted by atomic mass is 35.5. The molecule has 0 saturated heterocycles. The molecule has 0 aliphatic heterocycles. The molecule has 0 aromatic carbocycles. The number of halogens is 1. The van der Waals surface area contributed by atoms with Crippen LogP contribution in [-0.4, -0.2) is 38.5 Å². The molecule has 0 aliphatic rings. The van der Waals surface area contributed by atoms with Crippen molar-refractivity contribution in [1.29, 1.82) is 0 Å². The second kappa shape index (κ2) is 7.03. The van der Waals surface area contributed by atoms with Gasteiger partial charge in [-0.2, -0.15) is 0 Å². The first-order valence-corrected chi connectivity index (χ1v) is 8.74. The summed E-state index contributed by atoms with van der Waals surface area (Å²) in [4.78, 5) is 7.90. The number of thiophene rings is 1. The second-order valence-corrected chi connectivity index (χ2v) is 7.19. The Labute approximate surface area is 131 Å². The van der Waals surface area contributed by atoms with Gasteiger partial charge in [-0.1, -0.05) is 17.7 Å². The van der Waals surface area contributed by atoms with Crippen molar-refractivity contribution in [2.24, 2.45) is 0 Å². The third-order valence-corrected chi connectivity index (χ3v) is 5.67. The zero-order valence-electron chi connectivity index (χ0n) is 11.1. The number of anilines is 2. The molecule has 0 aliphatic carbocycles. The van der Waals surface area contributed by atoms with E-state index >= 15 is 0 Å². The zero-order valence-corrected chi connectivity index (χ0v) is 13.5. The molecule has 2 aromatic rings. The molecule has 7 nitrogen and oxygen atoms in total. The van der Waals surface area contributed by atoms with Crippen molar-refractivity contribution in [2.75, 3.05) is 30.8 Å². The van der Waals surface area contributed by atoms with Gasteiger partial charge in [0.2, 0.25) is 10.0 Å². The van der Waals surface area contributed by atoms with Crippen molar-refractivity contribution in [3.05, 3.63) is 29.0 Å². The maximum absolute atomic E-state index is 11.9. The molecule has 0 amide bonds. The SMILES string of the molecule is CNc1c(Cl)ncnc1NCCNS(=O)(=O)c1cccs1. The largest absolute Gasteiger partial charge is 0.383 e. The van der Waals surface area contributed by atoms with Gasteiger partial charge >= 0.3 is 0 Å². The molecule has 0 unspecified atom stereocenters. The van der Waals surface area contributed by atoms with E-state index in [-0.39, 0.29) is 6.54 Å². The van der Waals surface area contributed by atoms with Crippen molar-refractivity contribution in [1.82, 2.24) is 14.7 Å². The Balaban J connectivity index is 1.90. The van der Waals surface area contributed by atoms with Gasteiger partial charge < -0.3 is 10.6 Å². The molecule has 2 aromatic heterocycles. The molecular weight excluding hydrogens is 334 g/mol. The summed E-state index contributed by atoms with van der Waals surface area (Å²) in [7, 11) is -1.74. The number of hydrogen-bond donors (Lipinski definition) is 3. The lowest BCUT2D eigenvalue weighted by Gasteiger charge is -2.11. The molecule has 21 heavy (non-hydrogen) atoms. The van der Waals surface area contributed by atoms with Crippen LogP contribution < -0.4 is 15.4 Å². The molecule has 0 spiro atoms. The summed E-state index contributed by atoms with van der Waals surface area (Å²) >= 11 is 7.09. The summed E-state index contributed by atoms with van der Waals surface area (Å²) in [5, 5.41) is 7.91. The van der Waals surface area contributed by atoms with E-state index < -0.39 is 10.0 Å². The van der Waals surface area contributed by atoms with Gasteiger partial charge in [-0.3, -0.25) is 0 Å². The van der Waals surface area contributed by atoms with E-state index in [1.807, 2.05) is 0 Å². The van der Waals surface area contributed by atoms with Crippen LogP contribution in [0.2, 0.25) is 5.15 Å². The molecule has 0 radical (unpaired) electrons. The number of hydrogen-bond acceptors (Lipinski definition) is 7. The third kappa shape index (κ3) is 4.03. The molecule has 2 heterocycles. The topological polar surface area (TPSA) is 96.0 Å². The van der Waals surface area contributed by atoms with Crippen molar-refractivity contribution in [3.8, 4) is 0 Å². The van der Waals surface area contributed by atoms with Gasteiger partial charge in [-0.25, -0.2) is 23.1 Å². The fourth-order valence-electron chi connectivity index (χ4n) is 1.57. The van der Waals surface area contributed by atoms with Crippen LogP contribution in [0.25, 0.3) is 0 Å². The smallest absolute Gasteiger partial charge is 0.250 e. The first kappa shape index (κ1) is 16.0. The lowest BCUT2D eigenvalue weighted by Crippen LogP contribution is -2.28. The average Bonchev–Trinajstić information content (AvgIpc) is 2.99. The van der Waals surface area contributed by atoms with E-state index in [0.29, 0.717) is 27.4 Å². The standard InChI is InChI=1S/C11H14ClN5O2S2/c1-13-9-10(12)15-7-16-11(9)14-4-5-17-21(18,19)8-3-2-6-20-8/h2-3,6-7,13,17H,4-5H2,1H3,(H,14,15,16). The Kier molecular flexibility index (Phi) is 5.34. The third-order valence-electron chi connectivity index (χ3n) is 2.52. The lowest BCUT2D eigenvalue weighted by molar-refractivity contribution is 0.585. The highest BCUT2D eigenvalue weighted by Crippen LogP contribution is 2.24. The zero-order chi connectivity index (χ0) is 15.3. The normalized spacial score (nSPS) is 11.3. The minimum absolute atomic E-state index is 0.227. The number of rotatable bonds is 7. The van der Waals surface area contributed by atoms with Crippen LogP contribution in [0.3, 0.4) is 0 Å². The van der Waals surface area contributed by atoms with Gasteiger partial charge in [0.1, 0.15) is 16.2 Å². The van der Waals surface area contributed by atoms with E-state index in [9.17, 15) is 8.42 Å². The highest BCUT2D eigenvalue weighted by molar-refractivity contribution is 7.91. The van der Waals surface area contributed by atoms with Gasteiger partial charge in [0.15, 0.2) is 11.0 Å². The maximum Gasteiger partial charge on any atom is 0.250 e. The molecule has 0 atom stereocenters. The van der Waals surface area contributed by atoms with Crippen LogP contribution in [0.4, 0.5) is 11.5 Å². The van der Waals surface area contributed by atoms with E-state index in [1.165, 1.54) is 17.7 Å². The molecule has 0 saturated carbocycles.